The van der Waals surface area contributed by atoms with E-state index in [1.165, 1.54) is 35.5 Å². The largest absolute Gasteiger partial charge is 0.314 e. The van der Waals surface area contributed by atoms with Gasteiger partial charge in [0.05, 0.1) is 0 Å². The van der Waals surface area contributed by atoms with Gasteiger partial charge in [0.1, 0.15) is 0 Å². The molecule has 1 aromatic rings. The maximum absolute atomic E-state index is 3.53. The summed E-state index contributed by atoms with van der Waals surface area (Å²) in [5, 5.41) is 3.53. The van der Waals surface area contributed by atoms with Gasteiger partial charge < -0.3 is 5.32 Å². The third kappa shape index (κ3) is 6.13. The molecule has 2 heteroatoms. The quantitative estimate of drug-likeness (QED) is 0.547. The summed E-state index contributed by atoms with van der Waals surface area (Å²) in [6.45, 7) is 7.67. The molecule has 0 spiro atoms. The molecule has 0 heterocycles. The van der Waals surface area contributed by atoms with E-state index >= 15 is 0 Å². The van der Waals surface area contributed by atoms with E-state index < -0.39 is 0 Å². The first-order valence-corrected chi connectivity index (χ1v) is 7.67. The topological polar surface area (TPSA) is 12.0 Å². The molecule has 1 atom stereocenters. The summed E-state index contributed by atoms with van der Waals surface area (Å²) in [6.07, 6.45) is 3.83. The summed E-state index contributed by atoms with van der Waals surface area (Å²) in [5.41, 5.74) is 1.34. The van der Waals surface area contributed by atoms with Crippen LogP contribution in [0.5, 0.6) is 0 Å². The van der Waals surface area contributed by atoms with Crippen LogP contribution in [0.25, 0.3) is 0 Å². The van der Waals surface area contributed by atoms with E-state index in [0.717, 1.165) is 6.54 Å². The third-order valence-corrected chi connectivity index (χ3v) is 4.07. The summed E-state index contributed by atoms with van der Waals surface area (Å²) in [7, 11) is 0. The molecule has 1 aromatic carbocycles. The zero-order chi connectivity index (χ0) is 12.5. The predicted octanol–water partition coefficient (Wildman–Crippen LogP) is 4.26. The van der Waals surface area contributed by atoms with E-state index in [2.05, 4.69) is 50.4 Å². The second kappa shape index (κ2) is 8.60. The lowest BCUT2D eigenvalue weighted by Crippen LogP contribution is -2.28. The van der Waals surface area contributed by atoms with Crippen LogP contribution in [-0.4, -0.2) is 18.3 Å². The number of hydrogen-bond acceptors (Lipinski definition) is 2. The zero-order valence-corrected chi connectivity index (χ0v) is 12.1. The molecule has 17 heavy (non-hydrogen) atoms. The first-order valence-electron chi connectivity index (χ1n) is 6.69. The fourth-order valence-corrected chi connectivity index (χ4v) is 2.77. The van der Waals surface area contributed by atoms with Crippen molar-refractivity contribution in [2.75, 3.05) is 12.3 Å². The van der Waals surface area contributed by atoms with Crippen LogP contribution in [-0.2, 0) is 0 Å². The van der Waals surface area contributed by atoms with Gasteiger partial charge in [0.25, 0.3) is 0 Å². The second-order valence-corrected chi connectivity index (χ2v) is 5.63. The number of rotatable bonds is 8. The lowest BCUT2D eigenvalue weighted by atomic mass is 10.1. The molecule has 0 aliphatic rings. The summed E-state index contributed by atoms with van der Waals surface area (Å²) in [5.74, 6) is 1.23. The molecule has 1 N–H and O–H groups in total. The van der Waals surface area contributed by atoms with Crippen molar-refractivity contribution in [2.24, 2.45) is 0 Å². The van der Waals surface area contributed by atoms with Gasteiger partial charge in [-0.15, -0.1) is 11.8 Å². The van der Waals surface area contributed by atoms with E-state index in [0.29, 0.717) is 6.04 Å². The van der Waals surface area contributed by atoms with Gasteiger partial charge in [-0.25, -0.2) is 0 Å². The number of benzene rings is 1. The van der Waals surface area contributed by atoms with Gasteiger partial charge in [0.2, 0.25) is 0 Å². The Morgan fingerprint density at radius 3 is 2.47 bits per heavy atom. The first-order chi connectivity index (χ1) is 8.26. The van der Waals surface area contributed by atoms with Gasteiger partial charge in [0, 0.05) is 10.9 Å². The highest BCUT2D eigenvalue weighted by atomic mass is 32.2. The standard InChI is InChI=1S/C15H25NS/c1-4-14(16-5-2)7-6-12-17-15-10-8-13(3)9-11-15/h8-11,14,16H,4-7,12H2,1-3H3. The average molecular weight is 251 g/mol. The Hall–Kier alpha value is -0.470. The first kappa shape index (κ1) is 14.6. The number of hydrogen-bond donors (Lipinski definition) is 1. The van der Waals surface area contributed by atoms with Crippen LogP contribution in [0.2, 0.25) is 0 Å². The van der Waals surface area contributed by atoms with Gasteiger partial charge >= 0.3 is 0 Å². The molecule has 0 aliphatic carbocycles. The lowest BCUT2D eigenvalue weighted by Gasteiger charge is -2.15. The van der Waals surface area contributed by atoms with E-state index in [1.807, 2.05) is 11.8 Å². The molecule has 0 aromatic heterocycles. The monoisotopic (exact) mass is 251 g/mol. The summed E-state index contributed by atoms with van der Waals surface area (Å²) in [6, 6.07) is 9.54. The molecule has 1 nitrogen and oxygen atoms in total. The van der Waals surface area contributed by atoms with E-state index in [9.17, 15) is 0 Å². The van der Waals surface area contributed by atoms with Crippen molar-refractivity contribution in [1.29, 1.82) is 0 Å². The maximum Gasteiger partial charge on any atom is 0.00721 e. The molecule has 1 unspecified atom stereocenters. The molecule has 0 fully saturated rings. The zero-order valence-electron chi connectivity index (χ0n) is 11.3. The van der Waals surface area contributed by atoms with E-state index in [-0.39, 0.29) is 0 Å². The van der Waals surface area contributed by atoms with Crippen LogP contribution in [0.1, 0.15) is 38.7 Å². The smallest absolute Gasteiger partial charge is 0.00721 e. The predicted molar refractivity (Wildman–Crippen MR) is 78.9 cm³/mol. The maximum atomic E-state index is 3.53. The third-order valence-electron chi connectivity index (χ3n) is 2.97. The van der Waals surface area contributed by atoms with Crippen LogP contribution >= 0.6 is 11.8 Å². The number of nitrogens with one attached hydrogen (secondary N) is 1. The van der Waals surface area contributed by atoms with Gasteiger partial charge in [-0.1, -0.05) is 31.5 Å². The Morgan fingerprint density at radius 1 is 1.18 bits per heavy atom. The number of thioether (sulfide) groups is 1. The molecule has 96 valence electrons. The molecular weight excluding hydrogens is 226 g/mol. The van der Waals surface area contributed by atoms with Crippen molar-refractivity contribution in [2.45, 2.75) is 51.0 Å². The second-order valence-electron chi connectivity index (χ2n) is 4.47. The highest BCUT2D eigenvalue weighted by Gasteiger charge is 2.03. The Morgan fingerprint density at radius 2 is 1.88 bits per heavy atom. The molecule has 0 bridgehead atoms. The minimum absolute atomic E-state index is 0.707. The van der Waals surface area contributed by atoms with Crippen LogP contribution in [0.3, 0.4) is 0 Å². The van der Waals surface area contributed by atoms with Gasteiger partial charge in [-0.05, 0) is 50.6 Å². The van der Waals surface area contributed by atoms with Crippen molar-refractivity contribution in [3.05, 3.63) is 29.8 Å². The Labute approximate surface area is 110 Å². The SMILES string of the molecule is CCNC(CC)CCCSc1ccc(C)cc1. The fraction of sp³-hybridized carbons (Fsp3) is 0.600. The fourth-order valence-electron chi connectivity index (χ4n) is 1.89. The molecule has 1 rings (SSSR count). The Bertz CT molecular complexity index is 294. The van der Waals surface area contributed by atoms with Crippen molar-refractivity contribution in [3.8, 4) is 0 Å². The Balaban J connectivity index is 2.17. The molecular formula is C15H25NS. The van der Waals surface area contributed by atoms with Crippen molar-refractivity contribution >= 4 is 11.8 Å². The van der Waals surface area contributed by atoms with E-state index in [4.69, 9.17) is 0 Å². The minimum Gasteiger partial charge on any atom is -0.314 e. The summed E-state index contributed by atoms with van der Waals surface area (Å²) < 4.78 is 0. The molecule has 0 saturated heterocycles. The molecule has 0 radical (unpaired) electrons. The lowest BCUT2D eigenvalue weighted by molar-refractivity contribution is 0.477. The highest BCUT2D eigenvalue weighted by molar-refractivity contribution is 7.99. The summed E-state index contributed by atoms with van der Waals surface area (Å²) >= 11 is 1.97. The van der Waals surface area contributed by atoms with Crippen LogP contribution in [0, 0.1) is 6.92 Å². The van der Waals surface area contributed by atoms with Gasteiger partial charge in [-0.2, -0.15) is 0 Å². The minimum atomic E-state index is 0.707. The van der Waals surface area contributed by atoms with Crippen LogP contribution in [0.4, 0.5) is 0 Å². The number of aryl methyl sites for hydroxylation is 1. The van der Waals surface area contributed by atoms with Crippen molar-refractivity contribution < 1.29 is 0 Å². The normalized spacial score (nSPS) is 12.6. The molecule has 0 amide bonds. The highest BCUT2D eigenvalue weighted by Crippen LogP contribution is 2.20. The van der Waals surface area contributed by atoms with E-state index in [1.54, 1.807) is 0 Å². The summed E-state index contributed by atoms with van der Waals surface area (Å²) in [4.78, 5) is 1.40. The van der Waals surface area contributed by atoms with Gasteiger partial charge in [0.15, 0.2) is 0 Å². The van der Waals surface area contributed by atoms with Crippen LogP contribution < -0.4 is 5.32 Å². The Kier molecular flexibility index (Phi) is 7.38. The van der Waals surface area contributed by atoms with Crippen LogP contribution in [0.15, 0.2) is 29.2 Å². The molecule has 0 saturated carbocycles. The molecule has 0 aliphatic heterocycles. The van der Waals surface area contributed by atoms with Crippen molar-refractivity contribution in [3.63, 3.8) is 0 Å². The van der Waals surface area contributed by atoms with Gasteiger partial charge in [-0.3, -0.25) is 0 Å². The average Bonchev–Trinajstić information content (AvgIpc) is 2.35. The van der Waals surface area contributed by atoms with Crippen molar-refractivity contribution in [1.82, 2.24) is 5.32 Å².